The van der Waals surface area contributed by atoms with E-state index in [4.69, 9.17) is 4.74 Å². The summed E-state index contributed by atoms with van der Waals surface area (Å²) in [6.07, 6.45) is 2.04. The highest BCUT2D eigenvalue weighted by atomic mass is 16.5. The number of allylic oxidation sites excluding steroid dienone is 1. The summed E-state index contributed by atoms with van der Waals surface area (Å²) in [7, 11) is 0. The van der Waals surface area contributed by atoms with Gasteiger partial charge in [-0.25, -0.2) is 0 Å². The molecule has 2 unspecified atom stereocenters. The van der Waals surface area contributed by atoms with Crippen LogP contribution in [0.4, 0.5) is 5.69 Å². The third-order valence-corrected chi connectivity index (χ3v) is 7.15. The summed E-state index contributed by atoms with van der Waals surface area (Å²) in [5.41, 5.74) is 3.40. The van der Waals surface area contributed by atoms with Gasteiger partial charge in [0.05, 0.1) is 12.0 Å². The maximum absolute atomic E-state index is 13.4. The molecule has 2 aromatic rings. The number of anilines is 1. The number of rotatable bonds is 4. The van der Waals surface area contributed by atoms with Crippen molar-refractivity contribution in [2.75, 3.05) is 37.7 Å². The Hall–Kier alpha value is -3.08. The molecule has 5 heteroatoms. The van der Waals surface area contributed by atoms with E-state index in [1.165, 1.54) is 5.69 Å². The quantitative estimate of drug-likeness (QED) is 0.563. The van der Waals surface area contributed by atoms with Crippen molar-refractivity contribution in [2.45, 2.75) is 19.3 Å². The predicted octanol–water partition coefficient (Wildman–Crippen LogP) is 3.70. The number of benzene rings is 2. The number of carbonyl (C=O) groups is 2. The lowest BCUT2D eigenvalue weighted by Gasteiger charge is -2.36. The van der Waals surface area contributed by atoms with E-state index >= 15 is 0 Å². The van der Waals surface area contributed by atoms with Crippen LogP contribution in [-0.2, 0) is 16.0 Å². The van der Waals surface area contributed by atoms with Crippen molar-refractivity contribution in [1.82, 2.24) is 4.90 Å². The van der Waals surface area contributed by atoms with E-state index in [9.17, 15) is 9.59 Å². The topological polar surface area (TPSA) is 49.9 Å². The van der Waals surface area contributed by atoms with E-state index in [1.54, 1.807) is 0 Å². The summed E-state index contributed by atoms with van der Waals surface area (Å²) in [5.74, 6) is 0.0967. The van der Waals surface area contributed by atoms with Gasteiger partial charge in [0.25, 0.3) is 5.91 Å². The fraction of sp³-hybridized carbons (Fsp3) is 0.385. The highest BCUT2D eigenvalue weighted by molar-refractivity contribution is 5.96. The highest BCUT2D eigenvalue weighted by Crippen LogP contribution is 2.52. The number of amides is 1. The lowest BCUT2D eigenvalue weighted by Crippen LogP contribution is -2.49. The predicted molar refractivity (Wildman–Crippen MR) is 120 cm³/mol. The third kappa shape index (κ3) is 3.52. The van der Waals surface area contributed by atoms with Gasteiger partial charge < -0.3 is 14.5 Å². The second-order valence-corrected chi connectivity index (χ2v) is 9.03. The monoisotopic (exact) mass is 416 g/mol. The van der Waals surface area contributed by atoms with Gasteiger partial charge in [0.2, 0.25) is 0 Å². The number of hydrogen-bond acceptors (Lipinski definition) is 4. The standard InChI is InChI=1S/C26H28N2O3/c1-19-15-21-18-31-25(30)26(21,16-19)17-20-7-5-6-10-23(20)24(29)28-13-11-27(12-14-28)22-8-3-2-4-9-22/h2-10,21H,1,11-18H2. The molecule has 0 N–H and O–H groups in total. The van der Waals surface area contributed by atoms with E-state index in [-0.39, 0.29) is 17.8 Å². The molecule has 0 radical (unpaired) electrons. The summed E-state index contributed by atoms with van der Waals surface area (Å²) in [6.45, 7) is 7.61. The van der Waals surface area contributed by atoms with Crippen LogP contribution in [-0.4, -0.2) is 49.6 Å². The number of esters is 1. The van der Waals surface area contributed by atoms with Crippen LogP contribution < -0.4 is 4.90 Å². The zero-order valence-corrected chi connectivity index (χ0v) is 17.8. The molecule has 2 aromatic carbocycles. The Bertz CT molecular complexity index is 1010. The fourth-order valence-corrected chi connectivity index (χ4v) is 5.46. The fourth-order valence-electron chi connectivity index (χ4n) is 5.46. The molecule has 2 heterocycles. The molecule has 160 valence electrons. The Morgan fingerprint density at radius 3 is 2.52 bits per heavy atom. The Kier molecular flexibility index (Phi) is 5.05. The second-order valence-electron chi connectivity index (χ2n) is 9.03. The summed E-state index contributed by atoms with van der Waals surface area (Å²) >= 11 is 0. The van der Waals surface area contributed by atoms with Crippen LogP contribution in [0, 0.1) is 11.3 Å². The zero-order valence-electron chi connectivity index (χ0n) is 17.8. The van der Waals surface area contributed by atoms with E-state index in [1.807, 2.05) is 47.4 Å². The van der Waals surface area contributed by atoms with Gasteiger partial charge in [0.1, 0.15) is 0 Å². The SMILES string of the molecule is C=C1CC2COC(=O)C2(Cc2ccccc2C(=O)N2CCN(c3ccccc3)CC2)C1. The average Bonchev–Trinajstić information content (AvgIpc) is 3.28. The van der Waals surface area contributed by atoms with Gasteiger partial charge in [-0.3, -0.25) is 9.59 Å². The minimum Gasteiger partial charge on any atom is -0.465 e. The molecule has 0 bridgehead atoms. The Balaban J connectivity index is 1.33. The molecule has 2 atom stereocenters. The molecule has 1 amide bonds. The minimum absolute atomic E-state index is 0.0550. The molecule has 3 fully saturated rings. The number of cyclic esters (lactones) is 1. The molecule has 31 heavy (non-hydrogen) atoms. The largest absolute Gasteiger partial charge is 0.465 e. The summed E-state index contributed by atoms with van der Waals surface area (Å²) in [5, 5.41) is 0. The van der Waals surface area contributed by atoms with Crippen LogP contribution in [0.2, 0.25) is 0 Å². The Morgan fingerprint density at radius 2 is 1.74 bits per heavy atom. The Labute approximate surface area is 183 Å². The summed E-state index contributed by atoms with van der Waals surface area (Å²) in [4.78, 5) is 30.4. The van der Waals surface area contributed by atoms with Crippen LogP contribution in [0.15, 0.2) is 66.7 Å². The summed E-state index contributed by atoms with van der Waals surface area (Å²) < 4.78 is 5.43. The number of fused-ring (bicyclic) bond motifs is 1. The second kappa shape index (κ2) is 7.88. The maximum Gasteiger partial charge on any atom is 0.313 e. The first-order valence-electron chi connectivity index (χ1n) is 11.1. The van der Waals surface area contributed by atoms with Gasteiger partial charge in [-0.1, -0.05) is 48.6 Å². The molecule has 1 aliphatic carbocycles. The van der Waals surface area contributed by atoms with Crippen molar-refractivity contribution in [3.63, 3.8) is 0 Å². The molecule has 3 aliphatic rings. The Morgan fingerprint density at radius 1 is 1.03 bits per heavy atom. The lowest BCUT2D eigenvalue weighted by molar-refractivity contribution is -0.146. The zero-order chi connectivity index (χ0) is 21.4. The number of hydrogen-bond donors (Lipinski definition) is 0. The molecule has 0 spiro atoms. The molecule has 1 saturated carbocycles. The highest BCUT2D eigenvalue weighted by Gasteiger charge is 2.56. The molecule has 2 aliphatic heterocycles. The van der Waals surface area contributed by atoms with Gasteiger partial charge in [-0.2, -0.15) is 0 Å². The van der Waals surface area contributed by atoms with Gasteiger partial charge in [-0.15, -0.1) is 0 Å². The van der Waals surface area contributed by atoms with Gasteiger partial charge in [0, 0.05) is 43.3 Å². The van der Waals surface area contributed by atoms with Crippen LogP contribution in [0.25, 0.3) is 0 Å². The van der Waals surface area contributed by atoms with Gasteiger partial charge in [0.15, 0.2) is 0 Å². The first-order chi connectivity index (χ1) is 15.1. The minimum atomic E-state index is -0.556. The smallest absolute Gasteiger partial charge is 0.313 e. The number of para-hydroxylation sites is 1. The first kappa shape index (κ1) is 19.9. The number of nitrogens with zero attached hydrogens (tertiary/aromatic N) is 2. The number of piperazine rings is 1. The maximum atomic E-state index is 13.4. The van der Waals surface area contributed by atoms with E-state index < -0.39 is 5.41 Å². The molecule has 5 rings (SSSR count). The van der Waals surface area contributed by atoms with Gasteiger partial charge in [-0.05, 0) is 43.0 Å². The van der Waals surface area contributed by atoms with E-state index in [0.29, 0.717) is 38.1 Å². The van der Waals surface area contributed by atoms with Crippen LogP contribution in [0.3, 0.4) is 0 Å². The van der Waals surface area contributed by atoms with Crippen molar-refractivity contribution in [3.8, 4) is 0 Å². The van der Waals surface area contributed by atoms with Crippen molar-refractivity contribution < 1.29 is 14.3 Å². The number of ether oxygens (including phenoxy) is 1. The molecular formula is C26H28N2O3. The van der Waals surface area contributed by atoms with Crippen molar-refractivity contribution >= 4 is 17.6 Å². The molecular weight excluding hydrogens is 388 g/mol. The lowest BCUT2D eigenvalue weighted by atomic mass is 9.74. The van der Waals surface area contributed by atoms with Crippen molar-refractivity contribution in [3.05, 3.63) is 77.9 Å². The van der Waals surface area contributed by atoms with E-state index in [2.05, 4.69) is 23.6 Å². The normalized spacial score (nSPS) is 25.5. The molecule has 0 aromatic heterocycles. The summed E-state index contributed by atoms with van der Waals surface area (Å²) in [6, 6.07) is 18.1. The van der Waals surface area contributed by atoms with E-state index in [0.717, 1.165) is 30.6 Å². The van der Waals surface area contributed by atoms with Crippen LogP contribution in [0.1, 0.15) is 28.8 Å². The average molecular weight is 417 g/mol. The van der Waals surface area contributed by atoms with Crippen LogP contribution in [0.5, 0.6) is 0 Å². The van der Waals surface area contributed by atoms with Crippen molar-refractivity contribution in [1.29, 1.82) is 0 Å². The van der Waals surface area contributed by atoms with Gasteiger partial charge >= 0.3 is 5.97 Å². The number of carbonyl (C=O) groups excluding carboxylic acids is 2. The van der Waals surface area contributed by atoms with Crippen molar-refractivity contribution in [2.24, 2.45) is 11.3 Å². The molecule has 5 nitrogen and oxygen atoms in total. The molecule has 2 saturated heterocycles. The first-order valence-corrected chi connectivity index (χ1v) is 11.1. The van der Waals surface area contributed by atoms with Crippen LogP contribution >= 0.6 is 0 Å². The third-order valence-electron chi connectivity index (χ3n) is 7.15.